The SMILES string of the molecule is O=C1C(=O)N(Cc2cccnc2)C(c2ccc(Cl)c(Cl)c2)/C1=C(/O)c1ccncc1. The number of carbonyl (C=O) groups excluding carboxylic acids is 2. The number of pyridine rings is 2. The molecule has 3 heterocycles. The highest BCUT2D eigenvalue weighted by Crippen LogP contribution is 2.41. The van der Waals surface area contributed by atoms with Crippen molar-refractivity contribution in [3.63, 3.8) is 0 Å². The van der Waals surface area contributed by atoms with E-state index in [2.05, 4.69) is 9.97 Å². The van der Waals surface area contributed by atoms with E-state index in [4.69, 9.17) is 23.2 Å². The number of nitrogens with zero attached hydrogens (tertiary/aromatic N) is 3. The molecule has 0 bridgehead atoms. The molecule has 1 amide bonds. The minimum absolute atomic E-state index is 0.0199. The summed E-state index contributed by atoms with van der Waals surface area (Å²) in [5.41, 5.74) is 1.67. The number of benzene rings is 1. The van der Waals surface area contributed by atoms with Crippen molar-refractivity contribution in [3.8, 4) is 0 Å². The van der Waals surface area contributed by atoms with Crippen molar-refractivity contribution in [2.24, 2.45) is 0 Å². The van der Waals surface area contributed by atoms with Crippen LogP contribution in [0.3, 0.4) is 0 Å². The van der Waals surface area contributed by atoms with Crippen LogP contribution in [-0.2, 0) is 16.1 Å². The number of carbonyl (C=O) groups is 2. The van der Waals surface area contributed by atoms with Gasteiger partial charge in [-0.1, -0.05) is 35.3 Å². The number of aliphatic hydroxyl groups is 1. The molecule has 3 aromatic rings. The molecule has 1 aromatic carbocycles. The average Bonchev–Trinajstić information content (AvgIpc) is 3.01. The van der Waals surface area contributed by atoms with Crippen molar-refractivity contribution in [2.45, 2.75) is 12.6 Å². The summed E-state index contributed by atoms with van der Waals surface area (Å²) in [4.78, 5) is 35.3. The Morgan fingerprint density at radius 2 is 1.77 bits per heavy atom. The van der Waals surface area contributed by atoms with Crippen molar-refractivity contribution in [1.82, 2.24) is 14.9 Å². The molecule has 1 unspecified atom stereocenters. The Kier molecular flexibility index (Phi) is 5.53. The lowest BCUT2D eigenvalue weighted by Crippen LogP contribution is -2.29. The van der Waals surface area contributed by atoms with E-state index in [1.807, 2.05) is 0 Å². The van der Waals surface area contributed by atoms with Gasteiger partial charge in [0.15, 0.2) is 0 Å². The van der Waals surface area contributed by atoms with E-state index in [0.717, 1.165) is 5.56 Å². The van der Waals surface area contributed by atoms with Crippen molar-refractivity contribution in [1.29, 1.82) is 0 Å². The maximum absolute atomic E-state index is 13.0. The third kappa shape index (κ3) is 3.67. The normalized spacial score (nSPS) is 18.1. The molecule has 0 saturated carbocycles. The van der Waals surface area contributed by atoms with Gasteiger partial charge in [-0.3, -0.25) is 19.6 Å². The van der Waals surface area contributed by atoms with Gasteiger partial charge in [-0.2, -0.15) is 0 Å². The van der Waals surface area contributed by atoms with Crippen molar-refractivity contribution in [2.75, 3.05) is 0 Å². The number of Topliss-reactive ketones (excluding diaryl/α,β-unsaturated/α-hetero) is 1. The molecule has 0 spiro atoms. The first-order chi connectivity index (χ1) is 14.5. The number of rotatable bonds is 4. The number of halogens is 2. The van der Waals surface area contributed by atoms with Crippen LogP contribution >= 0.6 is 23.2 Å². The standard InChI is InChI=1S/C22H15Cl2N3O3/c23-16-4-3-15(10-17(16)24)19-18(20(28)14-5-8-25-9-6-14)21(29)22(30)27(19)12-13-2-1-7-26-11-13/h1-11,19,28H,12H2/b20-18-. The van der Waals surface area contributed by atoms with Crippen molar-refractivity contribution >= 4 is 40.7 Å². The zero-order valence-electron chi connectivity index (χ0n) is 15.5. The molecule has 1 aliphatic heterocycles. The second-order valence-corrected chi connectivity index (χ2v) is 7.51. The number of likely N-dealkylation sites (tertiary alicyclic amines) is 1. The van der Waals surface area contributed by atoms with Crippen LogP contribution in [0.15, 0.2) is 72.8 Å². The van der Waals surface area contributed by atoms with Crippen molar-refractivity contribution < 1.29 is 14.7 Å². The Morgan fingerprint density at radius 3 is 2.43 bits per heavy atom. The molecule has 1 saturated heterocycles. The van der Waals surface area contributed by atoms with Crippen LogP contribution < -0.4 is 0 Å². The predicted octanol–water partition coefficient (Wildman–Crippen LogP) is 4.41. The Labute approximate surface area is 182 Å². The monoisotopic (exact) mass is 439 g/mol. The molecule has 4 rings (SSSR count). The Hall–Kier alpha value is -3.22. The highest BCUT2D eigenvalue weighted by atomic mass is 35.5. The molecule has 30 heavy (non-hydrogen) atoms. The Balaban J connectivity index is 1.88. The number of ketones is 1. The van der Waals surface area contributed by atoms with Crippen LogP contribution in [0.1, 0.15) is 22.7 Å². The fourth-order valence-electron chi connectivity index (χ4n) is 3.43. The molecule has 8 heteroatoms. The summed E-state index contributed by atoms with van der Waals surface area (Å²) in [6.45, 7) is 0.135. The number of amides is 1. The van der Waals surface area contributed by atoms with Crippen LogP contribution in [-0.4, -0.2) is 31.7 Å². The van der Waals surface area contributed by atoms with Gasteiger partial charge in [0, 0.05) is 36.9 Å². The quantitative estimate of drug-likeness (QED) is 0.369. The molecule has 150 valence electrons. The minimum atomic E-state index is -0.840. The number of hydrogen-bond acceptors (Lipinski definition) is 5. The van der Waals surface area contributed by atoms with E-state index in [1.165, 1.54) is 17.3 Å². The maximum atomic E-state index is 13.0. The summed E-state index contributed by atoms with van der Waals surface area (Å²) in [6, 6.07) is 10.7. The molecule has 0 radical (unpaired) electrons. The summed E-state index contributed by atoms with van der Waals surface area (Å²) < 4.78 is 0. The molecule has 1 fully saturated rings. The summed E-state index contributed by atoms with van der Waals surface area (Å²) in [5.74, 6) is -1.77. The molecule has 2 aromatic heterocycles. The molecule has 1 N–H and O–H groups in total. The number of aliphatic hydroxyl groups excluding tert-OH is 1. The first kappa shape index (κ1) is 20.1. The molecule has 6 nitrogen and oxygen atoms in total. The van der Waals surface area contributed by atoms with Gasteiger partial charge in [0.2, 0.25) is 0 Å². The fraction of sp³-hybridized carbons (Fsp3) is 0.0909. The van der Waals surface area contributed by atoms with Gasteiger partial charge >= 0.3 is 0 Å². The average molecular weight is 440 g/mol. The van der Waals surface area contributed by atoms with Gasteiger partial charge in [0.25, 0.3) is 11.7 Å². The minimum Gasteiger partial charge on any atom is -0.507 e. The van der Waals surface area contributed by atoms with Crippen LogP contribution in [0, 0.1) is 0 Å². The first-order valence-corrected chi connectivity index (χ1v) is 9.75. The van der Waals surface area contributed by atoms with Gasteiger partial charge in [-0.25, -0.2) is 0 Å². The second kappa shape index (κ2) is 8.26. The van der Waals surface area contributed by atoms with E-state index >= 15 is 0 Å². The lowest BCUT2D eigenvalue weighted by atomic mass is 9.95. The second-order valence-electron chi connectivity index (χ2n) is 6.70. The highest BCUT2D eigenvalue weighted by Gasteiger charge is 2.46. The predicted molar refractivity (Wildman–Crippen MR) is 113 cm³/mol. The Bertz CT molecular complexity index is 1150. The van der Waals surface area contributed by atoms with Gasteiger partial charge in [-0.15, -0.1) is 0 Å². The molecular weight excluding hydrogens is 425 g/mol. The van der Waals surface area contributed by atoms with Crippen LogP contribution in [0.2, 0.25) is 10.0 Å². The van der Waals surface area contributed by atoms with Crippen LogP contribution in [0.25, 0.3) is 5.76 Å². The number of hydrogen-bond donors (Lipinski definition) is 1. The van der Waals surface area contributed by atoms with E-state index in [1.54, 1.807) is 54.9 Å². The van der Waals surface area contributed by atoms with Gasteiger partial charge in [-0.05, 0) is 41.5 Å². The highest BCUT2D eigenvalue weighted by molar-refractivity contribution is 6.46. The van der Waals surface area contributed by atoms with Crippen LogP contribution in [0.4, 0.5) is 0 Å². The Morgan fingerprint density at radius 1 is 1.00 bits per heavy atom. The van der Waals surface area contributed by atoms with Gasteiger partial charge < -0.3 is 10.0 Å². The van der Waals surface area contributed by atoms with Gasteiger partial charge in [0.05, 0.1) is 21.7 Å². The largest absolute Gasteiger partial charge is 0.507 e. The van der Waals surface area contributed by atoms with Gasteiger partial charge in [0.1, 0.15) is 5.76 Å². The van der Waals surface area contributed by atoms with E-state index in [0.29, 0.717) is 16.1 Å². The molecular formula is C22H15Cl2N3O3. The topological polar surface area (TPSA) is 83.4 Å². The summed E-state index contributed by atoms with van der Waals surface area (Å²) in [6.07, 6.45) is 6.23. The molecule has 0 aliphatic carbocycles. The maximum Gasteiger partial charge on any atom is 0.295 e. The summed E-state index contributed by atoms with van der Waals surface area (Å²) in [7, 11) is 0. The number of aromatic nitrogens is 2. The summed E-state index contributed by atoms with van der Waals surface area (Å²) in [5, 5.41) is 11.6. The summed E-state index contributed by atoms with van der Waals surface area (Å²) >= 11 is 12.2. The third-order valence-electron chi connectivity index (χ3n) is 4.83. The smallest absolute Gasteiger partial charge is 0.295 e. The third-order valence-corrected chi connectivity index (χ3v) is 5.57. The first-order valence-electron chi connectivity index (χ1n) is 9.00. The van der Waals surface area contributed by atoms with E-state index < -0.39 is 17.7 Å². The zero-order valence-corrected chi connectivity index (χ0v) is 17.0. The van der Waals surface area contributed by atoms with E-state index in [-0.39, 0.29) is 22.9 Å². The molecule has 1 aliphatic rings. The lowest BCUT2D eigenvalue weighted by Gasteiger charge is -2.25. The fourth-order valence-corrected chi connectivity index (χ4v) is 3.73. The van der Waals surface area contributed by atoms with Crippen LogP contribution in [0.5, 0.6) is 0 Å². The van der Waals surface area contributed by atoms with E-state index in [9.17, 15) is 14.7 Å². The molecule has 1 atom stereocenters. The zero-order chi connectivity index (χ0) is 21.3. The van der Waals surface area contributed by atoms with Crippen molar-refractivity contribution in [3.05, 3.63) is 99.6 Å². The lowest BCUT2D eigenvalue weighted by molar-refractivity contribution is -0.140.